The van der Waals surface area contributed by atoms with Gasteiger partial charge in [0.05, 0.1) is 0 Å². The average Bonchev–Trinajstić information content (AvgIpc) is 2.23. The first-order valence-electron chi connectivity index (χ1n) is 5.27. The number of ether oxygens (including phenoxy) is 2. The Hall–Kier alpha value is -0.780. The van der Waals surface area contributed by atoms with Crippen LogP contribution in [0.5, 0.6) is 0 Å². The summed E-state index contributed by atoms with van der Waals surface area (Å²) in [5.41, 5.74) is -4.50. The van der Waals surface area contributed by atoms with Crippen LogP contribution in [0.1, 0.15) is 20.3 Å². The molecule has 0 spiro atoms. The van der Waals surface area contributed by atoms with Crippen LogP contribution in [0.3, 0.4) is 0 Å². The van der Waals surface area contributed by atoms with E-state index in [-0.39, 0.29) is 6.92 Å². The topological polar surface area (TPSA) is 18.5 Å². The van der Waals surface area contributed by atoms with E-state index in [0.29, 0.717) is 6.92 Å². The molecule has 1 rings (SSSR count). The van der Waals surface area contributed by atoms with Crippen LogP contribution >= 0.6 is 0 Å². The molecule has 0 radical (unpaired) electrons. The Morgan fingerprint density at radius 3 is 1.52 bits per heavy atom. The fraction of sp³-hybridized carbons (Fsp3) is 1.00. The number of hydrogen-bond donors (Lipinski definition) is 0. The highest BCUT2D eigenvalue weighted by molar-refractivity contribution is 5.06. The summed E-state index contributed by atoms with van der Waals surface area (Å²) in [5.74, 6) is -10.6. The second-order valence-electron chi connectivity index (χ2n) is 4.43. The predicted octanol–water partition coefficient (Wildman–Crippen LogP) is 4.25. The maximum Gasteiger partial charge on any atom is 0.458 e. The van der Waals surface area contributed by atoms with E-state index >= 15 is 0 Å². The quantitative estimate of drug-likeness (QED) is 0.666. The van der Waals surface area contributed by atoms with Crippen LogP contribution < -0.4 is 0 Å². The van der Waals surface area contributed by atoms with Gasteiger partial charge in [-0.15, -0.1) is 0 Å². The van der Waals surface area contributed by atoms with E-state index in [1.54, 1.807) is 0 Å². The Kier molecular flexibility index (Phi) is 3.80. The van der Waals surface area contributed by atoms with Gasteiger partial charge < -0.3 is 0 Å². The number of halogens is 10. The predicted molar refractivity (Wildman–Crippen MR) is 45.6 cm³/mol. The average molecular weight is 338 g/mol. The van der Waals surface area contributed by atoms with Crippen molar-refractivity contribution in [3.63, 3.8) is 0 Å². The standard InChI is InChI=1S/C9H8F10O2/c1-3-5(10)4(2,7(12,13)14)20-9(18,19)6(11,21-5)8(15,16)17/h3H2,1-2H3. The molecule has 126 valence electrons. The molecule has 21 heavy (non-hydrogen) atoms. The highest BCUT2D eigenvalue weighted by Crippen LogP contribution is 2.60. The maximum atomic E-state index is 14.1. The molecule has 3 unspecified atom stereocenters. The van der Waals surface area contributed by atoms with Gasteiger partial charge in [-0.2, -0.15) is 39.5 Å². The van der Waals surface area contributed by atoms with Gasteiger partial charge in [-0.3, -0.25) is 9.47 Å². The first-order valence-corrected chi connectivity index (χ1v) is 5.27. The number of rotatable bonds is 1. The molecule has 0 aromatic rings. The largest absolute Gasteiger partial charge is 0.458 e. The van der Waals surface area contributed by atoms with Gasteiger partial charge in [-0.05, 0) is 6.92 Å². The lowest BCUT2D eigenvalue weighted by molar-refractivity contribution is -0.576. The van der Waals surface area contributed by atoms with E-state index < -0.39 is 42.2 Å². The van der Waals surface area contributed by atoms with Gasteiger partial charge in [0, 0.05) is 6.42 Å². The van der Waals surface area contributed by atoms with Crippen LogP contribution in [-0.4, -0.2) is 35.8 Å². The van der Waals surface area contributed by atoms with Crippen molar-refractivity contribution < 1.29 is 53.4 Å². The van der Waals surface area contributed by atoms with Crippen molar-refractivity contribution in [2.75, 3.05) is 0 Å². The molecule has 1 aliphatic heterocycles. The molecular formula is C9H8F10O2. The SMILES string of the molecule is CCC1(F)OC(F)(C(F)(F)F)C(F)(F)OC1(C)C(F)(F)F. The summed E-state index contributed by atoms with van der Waals surface area (Å²) in [5, 5.41) is 0. The molecule has 0 bridgehead atoms. The van der Waals surface area contributed by atoms with Crippen molar-refractivity contribution in [3.8, 4) is 0 Å². The van der Waals surface area contributed by atoms with E-state index in [1.165, 1.54) is 0 Å². The summed E-state index contributed by atoms with van der Waals surface area (Å²) < 4.78 is 135. The van der Waals surface area contributed by atoms with Crippen molar-refractivity contribution in [2.24, 2.45) is 0 Å². The van der Waals surface area contributed by atoms with E-state index in [4.69, 9.17) is 0 Å². The molecule has 1 fully saturated rings. The van der Waals surface area contributed by atoms with Gasteiger partial charge in [-0.1, -0.05) is 6.92 Å². The van der Waals surface area contributed by atoms with Gasteiger partial charge in [0.1, 0.15) is 0 Å². The zero-order chi connectivity index (χ0) is 17.1. The highest BCUT2D eigenvalue weighted by Gasteiger charge is 2.86. The summed E-state index contributed by atoms with van der Waals surface area (Å²) in [7, 11) is 0. The van der Waals surface area contributed by atoms with Crippen molar-refractivity contribution >= 4 is 0 Å². The molecule has 1 heterocycles. The normalized spacial score (nSPS) is 41.1. The number of hydrogen-bond acceptors (Lipinski definition) is 2. The minimum absolute atomic E-state index is 0.291. The van der Waals surface area contributed by atoms with E-state index in [2.05, 4.69) is 9.47 Å². The van der Waals surface area contributed by atoms with Gasteiger partial charge >= 0.3 is 24.3 Å². The second kappa shape index (κ2) is 4.37. The third-order valence-corrected chi connectivity index (χ3v) is 3.08. The number of alkyl halides is 10. The first kappa shape index (κ1) is 18.3. The summed E-state index contributed by atoms with van der Waals surface area (Å²) in [4.78, 5) is 0. The lowest BCUT2D eigenvalue weighted by Crippen LogP contribution is -2.76. The fourth-order valence-electron chi connectivity index (χ4n) is 1.68. The third kappa shape index (κ3) is 2.26. The van der Waals surface area contributed by atoms with Crippen LogP contribution in [0.2, 0.25) is 0 Å². The van der Waals surface area contributed by atoms with Crippen LogP contribution in [0.25, 0.3) is 0 Å². The van der Waals surface area contributed by atoms with Gasteiger partial charge in [-0.25, -0.2) is 4.39 Å². The molecule has 3 atom stereocenters. The monoisotopic (exact) mass is 338 g/mol. The lowest BCUT2D eigenvalue weighted by atomic mass is 9.90. The third-order valence-electron chi connectivity index (χ3n) is 3.08. The molecule has 1 aliphatic rings. The molecule has 1 saturated heterocycles. The molecule has 0 aromatic carbocycles. The summed E-state index contributed by atoms with van der Waals surface area (Å²) in [6.07, 6.45) is -20.1. The minimum Gasteiger partial charge on any atom is -0.293 e. The van der Waals surface area contributed by atoms with Crippen LogP contribution in [0, 0.1) is 0 Å². The molecule has 0 aliphatic carbocycles. The fourth-order valence-corrected chi connectivity index (χ4v) is 1.68. The summed E-state index contributed by atoms with van der Waals surface area (Å²) in [6.45, 7) is 0.258. The molecule has 0 amide bonds. The Labute approximate surface area is 111 Å². The molecule has 0 aromatic heterocycles. The molecular weight excluding hydrogens is 330 g/mol. The van der Waals surface area contributed by atoms with E-state index in [9.17, 15) is 43.9 Å². The zero-order valence-electron chi connectivity index (χ0n) is 10.3. The molecule has 12 heteroatoms. The van der Waals surface area contributed by atoms with Crippen molar-refractivity contribution in [3.05, 3.63) is 0 Å². The van der Waals surface area contributed by atoms with Crippen molar-refractivity contribution in [2.45, 2.75) is 56.0 Å². The summed E-state index contributed by atoms with van der Waals surface area (Å²) in [6, 6.07) is 0. The Balaban J connectivity index is 3.51. The van der Waals surface area contributed by atoms with E-state index in [1.807, 2.05) is 0 Å². The Morgan fingerprint density at radius 1 is 0.810 bits per heavy atom. The van der Waals surface area contributed by atoms with Crippen molar-refractivity contribution in [1.29, 1.82) is 0 Å². The minimum atomic E-state index is -6.53. The molecule has 0 N–H and O–H groups in total. The van der Waals surface area contributed by atoms with Gasteiger partial charge in [0.2, 0.25) is 11.5 Å². The highest BCUT2D eigenvalue weighted by atomic mass is 19.4. The van der Waals surface area contributed by atoms with Gasteiger partial charge in [0.25, 0.3) is 0 Å². The van der Waals surface area contributed by atoms with Gasteiger partial charge in [0.15, 0.2) is 0 Å². The first-order chi connectivity index (χ1) is 8.97. The maximum absolute atomic E-state index is 14.1. The lowest BCUT2D eigenvalue weighted by Gasteiger charge is -2.52. The van der Waals surface area contributed by atoms with Crippen LogP contribution in [-0.2, 0) is 9.47 Å². The molecule has 2 nitrogen and oxygen atoms in total. The van der Waals surface area contributed by atoms with Crippen molar-refractivity contribution in [1.82, 2.24) is 0 Å². The Morgan fingerprint density at radius 2 is 1.24 bits per heavy atom. The second-order valence-corrected chi connectivity index (χ2v) is 4.43. The van der Waals surface area contributed by atoms with Crippen LogP contribution in [0.15, 0.2) is 0 Å². The van der Waals surface area contributed by atoms with Crippen LogP contribution in [0.4, 0.5) is 43.9 Å². The smallest absolute Gasteiger partial charge is 0.293 e. The Bertz CT molecular complexity index is 418. The zero-order valence-corrected chi connectivity index (χ0v) is 10.3. The molecule has 0 saturated carbocycles. The summed E-state index contributed by atoms with van der Waals surface area (Å²) >= 11 is 0. The van der Waals surface area contributed by atoms with E-state index in [0.717, 1.165) is 0 Å².